The highest BCUT2D eigenvalue weighted by Crippen LogP contribution is 2.26. The molecule has 0 radical (unpaired) electrons. The quantitative estimate of drug-likeness (QED) is 0.738. The Morgan fingerprint density at radius 1 is 1.07 bits per heavy atom. The number of nitrogens with one attached hydrogen (secondary N) is 1. The van der Waals surface area contributed by atoms with Crippen LogP contribution in [-0.4, -0.2) is 43.8 Å². The minimum absolute atomic E-state index is 0.450. The first-order chi connectivity index (χ1) is 13.6. The van der Waals surface area contributed by atoms with E-state index in [1.807, 2.05) is 24.7 Å². The molecule has 0 unspecified atom stereocenters. The minimum Gasteiger partial charge on any atom is -0.367 e. The fourth-order valence-corrected chi connectivity index (χ4v) is 4.00. The lowest BCUT2D eigenvalue weighted by atomic mass is 10.0. The van der Waals surface area contributed by atoms with Crippen LogP contribution in [0.25, 0.3) is 11.3 Å². The van der Waals surface area contributed by atoms with Crippen LogP contribution in [0.5, 0.6) is 0 Å². The highest BCUT2D eigenvalue weighted by atomic mass is 15.3. The van der Waals surface area contributed by atoms with E-state index >= 15 is 0 Å². The zero-order chi connectivity index (χ0) is 19.5. The maximum atomic E-state index is 4.51. The van der Waals surface area contributed by atoms with Crippen molar-refractivity contribution in [3.8, 4) is 11.3 Å². The van der Waals surface area contributed by atoms with Crippen LogP contribution >= 0.6 is 0 Å². The summed E-state index contributed by atoms with van der Waals surface area (Å²) in [5.74, 6) is 0.897. The molecule has 0 bridgehead atoms. The van der Waals surface area contributed by atoms with Crippen LogP contribution in [0.2, 0.25) is 0 Å². The molecule has 1 aliphatic rings. The number of rotatable bonds is 5. The van der Waals surface area contributed by atoms with Gasteiger partial charge < -0.3 is 5.32 Å². The molecular weight excluding hydrogens is 348 g/mol. The van der Waals surface area contributed by atoms with Gasteiger partial charge in [0.1, 0.15) is 12.1 Å². The number of hydrogen-bond donors (Lipinski definition) is 1. The molecule has 28 heavy (non-hydrogen) atoms. The van der Waals surface area contributed by atoms with Gasteiger partial charge in [-0.1, -0.05) is 30.3 Å². The highest BCUT2D eigenvalue weighted by Gasteiger charge is 2.20. The van der Waals surface area contributed by atoms with Gasteiger partial charge in [0.15, 0.2) is 0 Å². The molecule has 1 aliphatic heterocycles. The maximum absolute atomic E-state index is 4.51. The third kappa shape index (κ3) is 4.07. The van der Waals surface area contributed by atoms with Gasteiger partial charge in [0.05, 0.1) is 11.4 Å². The summed E-state index contributed by atoms with van der Waals surface area (Å²) in [5, 5.41) is 8.12. The van der Waals surface area contributed by atoms with Gasteiger partial charge in [-0.2, -0.15) is 5.10 Å². The molecule has 1 aromatic carbocycles. The molecule has 1 saturated heterocycles. The van der Waals surface area contributed by atoms with E-state index < -0.39 is 0 Å². The van der Waals surface area contributed by atoms with E-state index in [1.165, 1.54) is 5.56 Å². The standard InChI is InChI=1S/C22H28N6/c1-16-22(17(2)27(3)26-16)20-13-21(24-15-23-20)25-19-9-11-28(12-10-19)14-18-7-5-4-6-8-18/h4-8,13,15,19H,9-12,14H2,1-3H3,(H,23,24,25). The SMILES string of the molecule is Cc1nn(C)c(C)c1-c1cc(NC2CCN(Cc3ccccc3)CC2)ncn1. The smallest absolute Gasteiger partial charge is 0.130 e. The summed E-state index contributed by atoms with van der Waals surface area (Å²) in [5.41, 5.74) is 5.54. The predicted molar refractivity (Wildman–Crippen MR) is 112 cm³/mol. The zero-order valence-corrected chi connectivity index (χ0v) is 16.9. The van der Waals surface area contributed by atoms with Crippen molar-refractivity contribution in [2.75, 3.05) is 18.4 Å². The van der Waals surface area contributed by atoms with Gasteiger partial charge in [0.25, 0.3) is 0 Å². The molecule has 1 N–H and O–H groups in total. The first-order valence-electron chi connectivity index (χ1n) is 9.95. The zero-order valence-electron chi connectivity index (χ0n) is 16.9. The van der Waals surface area contributed by atoms with Crippen molar-refractivity contribution in [1.82, 2.24) is 24.6 Å². The van der Waals surface area contributed by atoms with Gasteiger partial charge in [-0.3, -0.25) is 9.58 Å². The molecule has 6 heteroatoms. The van der Waals surface area contributed by atoms with Gasteiger partial charge in [-0.15, -0.1) is 0 Å². The Labute approximate surface area is 166 Å². The Bertz CT molecular complexity index is 925. The Morgan fingerprint density at radius 2 is 1.82 bits per heavy atom. The summed E-state index contributed by atoms with van der Waals surface area (Å²) in [7, 11) is 1.97. The van der Waals surface area contributed by atoms with Crippen LogP contribution in [0.3, 0.4) is 0 Å². The van der Waals surface area contributed by atoms with E-state index in [0.717, 1.165) is 60.9 Å². The van der Waals surface area contributed by atoms with Crippen molar-refractivity contribution in [1.29, 1.82) is 0 Å². The van der Waals surface area contributed by atoms with Crippen LogP contribution in [0.15, 0.2) is 42.7 Å². The number of benzene rings is 1. The van der Waals surface area contributed by atoms with E-state index in [1.54, 1.807) is 6.33 Å². The third-order valence-electron chi connectivity index (χ3n) is 5.62. The van der Waals surface area contributed by atoms with E-state index in [2.05, 4.69) is 62.5 Å². The van der Waals surface area contributed by atoms with Crippen LogP contribution in [0.4, 0.5) is 5.82 Å². The third-order valence-corrected chi connectivity index (χ3v) is 5.62. The summed E-state index contributed by atoms with van der Waals surface area (Å²) < 4.78 is 1.91. The summed E-state index contributed by atoms with van der Waals surface area (Å²) in [6.07, 6.45) is 3.89. The number of hydrogen-bond acceptors (Lipinski definition) is 5. The Hall–Kier alpha value is -2.73. The Kier molecular flexibility index (Phi) is 5.39. The number of nitrogens with zero attached hydrogens (tertiary/aromatic N) is 5. The Balaban J connectivity index is 1.38. The van der Waals surface area contributed by atoms with Crippen molar-refractivity contribution in [3.05, 3.63) is 59.7 Å². The molecule has 3 aromatic rings. The summed E-state index contributed by atoms with van der Waals surface area (Å²) in [6, 6.07) is 13.2. The normalized spacial score (nSPS) is 15.7. The molecular formula is C22H28N6. The molecule has 0 spiro atoms. The van der Waals surface area contributed by atoms with Crippen LogP contribution < -0.4 is 5.32 Å². The monoisotopic (exact) mass is 376 g/mol. The first-order valence-corrected chi connectivity index (χ1v) is 9.95. The molecule has 146 valence electrons. The average molecular weight is 377 g/mol. The van der Waals surface area contributed by atoms with Gasteiger partial charge in [-0.05, 0) is 32.3 Å². The molecule has 1 fully saturated rings. The summed E-state index contributed by atoms with van der Waals surface area (Å²) in [6.45, 7) is 7.34. The van der Waals surface area contributed by atoms with Crippen molar-refractivity contribution >= 4 is 5.82 Å². The van der Waals surface area contributed by atoms with E-state index in [4.69, 9.17) is 0 Å². The predicted octanol–water partition coefficient (Wildman–Crippen LogP) is 3.57. The summed E-state index contributed by atoms with van der Waals surface area (Å²) >= 11 is 0. The van der Waals surface area contributed by atoms with Gasteiger partial charge in [-0.25, -0.2) is 9.97 Å². The van der Waals surface area contributed by atoms with Gasteiger partial charge >= 0.3 is 0 Å². The second-order valence-corrected chi connectivity index (χ2v) is 7.64. The molecule has 0 aliphatic carbocycles. The number of anilines is 1. The van der Waals surface area contributed by atoms with E-state index in [0.29, 0.717) is 6.04 Å². The largest absolute Gasteiger partial charge is 0.367 e. The number of aromatic nitrogens is 4. The van der Waals surface area contributed by atoms with Gasteiger partial charge in [0.2, 0.25) is 0 Å². The minimum atomic E-state index is 0.450. The molecule has 0 amide bonds. The lowest BCUT2D eigenvalue weighted by Gasteiger charge is -2.32. The molecule has 0 atom stereocenters. The molecule has 3 heterocycles. The fraction of sp³-hybridized carbons (Fsp3) is 0.409. The van der Waals surface area contributed by atoms with E-state index in [-0.39, 0.29) is 0 Å². The lowest BCUT2D eigenvalue weighted by Crippen LogP contribution is -2.38. The number of aryl methyl sites for hydroxylation is 2. The van der Waals surface area contributed by atoms with Crippen LogP contribution in [0.1, 0.15) is 29.8 Å². The van der Waals surface area contributed by atoms with Gasteiger partial charge in [0, 0.05) is 50.0 Å². The van der Waals surface area contributed by atoms with Crippen LogP contribution in [0, 0.1) is 13.8 Å². The molecule has 4 rings (SSSR count). The highest BCUT2D eigenvalue weighted by molar-refractivity contribution is 5.67. The maximum Gasteiger partial charge on any atom is 0.130 e. The van der Waals surface area contributed by atoms with E-state index in [9.17, 15) is 0 Å². The van der Waals surface area contributed by atoms with Crippen molar-refractivity contribution in [3.63, 3.8) is 0 Å². The van der Waals surface area contributed by atoms with Crippen molar-refractivity contribution < 1.29 is 0 Å². The molecule has 2 aromatic heterocycles. The first kappa shape index (κ1) is 18.6. The number of piperidine rings is 1. The van der Waals surface area contributed by atoms with Crippen LogP contribution in [-0.2, 0) is 13.6 Å². The lowest BCUT2D eigenvalue weighted by molar-refractivity contribution is 0.211. The topological polar surface area (TPSA) is 58.9 Å². The molecule has 6 nitrogen and oxygen atoms in total. The second kappa shape index (κ2) is 8.10. The number of likely N-dealkylation sites (tertiary alicyclic amines) is 1. The average Bonchev–Trinajstić information content (AvgIpc) is 2.96. The second-order valence-electron chi connectivity index (χ2n) is 7.64. The Morgan fingerprint density at radius 3 is 2.50 bits per heavy atom. The van der Waals surface area contributed by atoms with Crippen molar-refractivity contribution in [2.45, 2.75) is 39.3 Å². The summed E-state index contributed by atoms with van der Waals surface area (Å²) in [4.78, 5) is 11.5. The molecule has 0 saturated carbocycles. The fourth-order valence-electron chi connectivity index (χ4n) is 4.00. The van der Waals surface area contributed by atoms with Crippen molar-refractivity contribution in [2.24, 2.45) is 7.05 Å².